The summed E-state index contributed by atoms with van der Waals surface area (Å²) >= 11 is 0. The minimum Gasteiger partial charge on any atom is -0.497 e. The lowest BCUT2D eigenvalue weighted by atomic mass is 9.95. The summed E-state index contributed by atoms with van der Waals surface area (Å²) in [4.78, 5) is 32.2. The lowest BCUT2D eigenvalue weighted by Crippen LogP contribution is -2.52. The average molecular weight is 497 g/mol. The van der Waals surface area contributed by atoms with Gasteiger partial charge >= 0.3 is 0 Å². The van der Waals surface area contributed by atoms with Crippen LogP contribution < -0.4 is 24.4 Å². The standard InChI is InChI=1S/C27H36N4O5/c1-34-22-6-4-21(5-7-22)30-14-16-31(17-15-30)27(33)20-10-12-29(13-11-20)19-26(32)28-24-9-8-23(35-2)18-25(24)36-3/h4-9,18,20H,10-17,19H2,1-3H3,(H,28,32). The van der Waals surface area contributed by atoms with Crippen molar-refractivity contribution < 1.29 is 23.8 Å². The predicted octanol–water partition coefficient (Wildman–Crippen LogP) is 2.71. The second kappa shape index (κ2) is 12.0. The van der Waals surface area contributed by atoms with Crippen LogP contribution in [0.3, 0.4) is 0 Å². The zero-order valence-corrected chi connectivity index (χ0v) is 21.4. The lowest BCUT2D eigenvalue weighted by molar-refractivity contribution is -0.137. The molecule has 0 radical (unpaired) electrons. The molecule has 1 N–H and O–H groups in total. The van der Waals surface area contributed by atoms with Crippen molar-refractivity contribution in [2.24, 2.45) is 5.92 Å². The Labute approximate surface area is 212 Å². The Kier molecular flexibility index (Phi) is 8.53. The first-order valence-electron chi connectivity index (χ1n) is 12.4. The molecule has 36 heavy (non-hydrogen) atoms. The highest BCUT2D eigenvalue weighted by Gasteiger charge is 2.31. The first-order valence-corrected chi connectivity index (χ1v) is 12.4. The summed E-state index contributed by atoms with van der Waals surface area (Å²) in [5.74, 6) is 2.24. The molecule has 2 aromatic carbocycles. The molecule has 0 aliphatic carbocycles. The summed E-state index contributed by atoms with van der Waals surface area (Å²) in [6.45, 7) is 4.87. The van der Waals surface area contributed by atoms with Crippen LogP contribution in [0.2, 0.25) is 0 Å². The molecule has 4 rings (SSSR count). The molecular formula is C27H36N4O5. The zero-order valence-electron chi connectivity index (χ0n) is 21.4. The molecular weight excluding hydrogens is 460 g/mol. The number of hydrogen-bond acceptors (Lipinski definition) is 7. The topological polar surface area (TPSA) is 83.6 Å². The van der Waals surface area contributed by atoms with Crippen LogP contribution in [-0.2, 0) is 9.59 Å². The molecule has 9 nitrogen and oxygen atoms in total. The van der Waals surface area contributed by atoms with E-state index in [1.165, 1.54) is 0 Å². The largest absolute Gasteiger partial charge is 0.497 e. The molecule has 2 aliphatic rings. The third kappa shape index (κ3) is 6.20. The van der Waals surface area contributed by atoms with Crippen molar-refractivity contribution in [2.45, 2.75) is 12.8 Å². The van der Waals surface area contributed by atoms with E-state index < -0.39 is 0 Å². The maximum absolute atomic E-state index is 13.1. The number of likely N-dealkylation sites (tertiary alicyclic amines) is 1. The minimum absolute atomic E-state index is 0.0264. The van der Waals surface area contributed by atoms with Gasteiger partial charge in [-0.1, -0.05) is 0 Å². The predicted molar refractivity (Wildman–Crippen MR) is 139 cm³/mol. The third-order valence-electron chi connectivity index (χ3n) is 7.02. The Morgan fingerprint density at radius 1 is 0.833 bits per heavy atom. The number of hydrogen-bond donors (Lipinski definition) is 1. The van der Waals surface area contributed by atoms with Crippen LogP contribution in [0, 0.1) is 5.92 Å². The first-order chi connectivity index (χ1) is 17.5. The first kappa shape index (κ1) is 25.6. The summed E-state index contributed by atoms with van der Waals surface area (Å²) in [7, 11) is 4.81. The molecule has 0 spiro atoms. The van der Waals surface area contributed by atoms with Gasteiger partial charge in [-0.2, -0.15) is 0 Å². The van der Waals surface area contributed by atoms with E-state index in [-0.39, 0.29) is 24.3 Å². The van der Waals surface area contributed by atoms with Gasteiger partial charge in [-0.15, -0.1) is 0 Å². The monoisotopic (exact) mass is 496 g/mol. The SMILES string of the molecule is COc1ccc(N2CCN(C(=O)C3CCN(CC(=O)Nc4ccc(OC)cc4OC)CC3)CC2)cc1. The van der Waals surface area contributed by atoms with Gasteiger partial charge in [0, 0.05) is 43.9 Å². The van der Waals surface area contributed by atoms with Crippen molar-refractivity contribution in [3.63, 3.8) is 0 Å². The van der Waals surface area contributed by atoms with E-state index in [1.54, 1.807) is 39.5 Å². The fourth-order valence-electron chi connectivity index (χ4n) is 4.87. The smallest absolute Gasteiger partial charge is 0.238 e. The molecule has 0 unspecified atom stereocenters. The Hall–Kier alpha value is -3.46. The summed E-state index contributed by atoms with van der Waals surface area (Å²) in [6.07, 6.45) is 1.55. The Morgan fingerprint density at radius 3 is 2.08 bits per heavy atom. The van der Waals surface area contributed by atoms with Crippen molar-refractivity contribution >= 4 is 23.2 Å². The highest BCUT2D eigenvalue weighted by Crippen LogP contribution is 2.29. The van der Waals surface area contributed by atoms with Crippen molar-refractivity contribution in [1.29, 1.82) is 0 Å². The number of methoxy groups -OCH3 is 3. The molecule has 0 saturated carbocycles. The molecule has 2 amide bonds. The number of nitrogens with zero attached hydrogens (tertiary/aromatic N) is 3. The summed E-state index contributed by atoms with van der Waals surface area (Å²) in [5, 5.41) is 2.92. The fourth-order valence-corrected chi connectivity index (χ4v) is 4.87. The maximum atomic E-state index is 13.1. The fraction of sp³-hybridized carbons (Fsp3) is 0.481. The number of nitrogens with one attached hydrogen (secondary N) is 1. The molecule has 9 heteroatoms. The average Bonchev–Trinajstić information content (AvgIpc) is 2.93. The molecule has 0 atom stereocenters. The number of anilines is 2. The van der Waals surface area contributed by atoms with E-state index in [9.17, 15) is 9.59 Å². The van der Waals surface area contributed by atoms with E-state index >= 15 is 0 Å². The van der Waals surface area contributed by atoms with E-state index in [0.717, 1.165) is 63.5 Å². The van der Waals surface area contributed by atoms with Crippen LogP contribution in [0.5, 0.6) is 17.2 Å². The molecule has 0 aromatic heterocycles. The van der Waals surface area contributed by atoms with Crippen LogP contribution in [0.1, 0.15) is 12.8 Å². The van der Waals surface area contributed by atoms with Gasteiger partial charge < -0.3 is 29.3 Å². The third-order valence-corrected chi connectivity index (χ3v) is 7.02. The van der Waals surface area contributed by atoms with E-state index in [2.05, 4.69) is 27.2 Å². The molecule has 194 valence electrons. The summed E-state index contributed by atoms with van der Waals surface area (Å²) in [5.41, 5.74) is 1.77. The van der Waals surface area contributed by atoms with Gasteiger partial charge in [-0.05, 0) is 62.3 Å². The Bertz CT molecular complexity index is 1030. The molecule has 0 bridgehead atoms. The zero-order chi connectivity index (χ0) is 25.5. The van der Waals surface area contributed by atoms with Crippen LogP contribution in [0.25, 0.3) is 0 Å². The van der Waals surface area contributed by atoms with Crippen molar-refractivity contribution in [3.8, 4) is 17.2 Å². The van der Waals surface area contributed by atoms with E-state index in [0.29, 0.717) is 17.2 Å². The molecule has 2 saturated heterocycles. The number of rotatable bonds is 8. The summed E-state index contributed by atoms with van der Waals surface area (Å²) < 4.78 is 15.8. The highest BCUT2D eigenvalue weighted by atomic mass is 16.5. The number of piperidine rings is 1. The maximum Gasteiger partial charge on any atom is 0.238 e. The highest BCUT2D eigenvalue weighted by molar-refractivity contribution is 5.93. The Morgan fingerprint density at radius 2 is 1.47 bits per heavy atom. The van der Waals surface area contributed by atoms with Crippen molar-refractivity contribution in [2.75, 3.05) is 77.4 Å². The minimum atomic E-state index is -0.0992. The number of carbonyl (C=O) groups is 2. The van der Waals surface area contributed by atoms with Gasteiger partial charge in [0.1, 0.15) is 17.2 Å². The van der Waals surface area contributed by atoms with Gasteiger partial charge in [0.2, 0.25) is 11.8 Å². The van der Waals surface area contributed by atoms with Crippen molar-refractivity contribution in [1.82, 2.24) is 9.80 Å². The van der Waals surface area contributed by atoms with Gasteiger partial charge in [0.15, 0.2) is 0 Å². The molecule has 2 fully saturated rings. The van der Waals surface area contributed by atoms with Gasteiger partial charge in [-0.3, -0.25) is 14.5 Å². The normalized spacial score (nSPS) is 17.0. The van der Waals surface area contributed by atoms with Crippen LogP contribution in [-0.4, -0.2) is 88.8 Å². The van der Waals surface area contributed by atoms with Crippen LogP contribution in [0.4, 0.5) is 11.4 Å². The van der Waals surface area contributed by atoms with Gasteiger partial charge in [0.05, 0.1) is 33.6 Å². The van der Waals surface area contributed by atoms with Crippen molar-refractivity contribution in [3.05, 3.63) is 42.5 Å². The molecule has 2 aliphatic heterocycles. The molecule has 2 aromatic rings. The van der Waals surface area contributed by atoms with E-state index in [1.807, 2.05) is 17.0 Å². The number of carbonyl (C=O) groups excluding carboxylic acids is 2. The van der Waals surface area contributed by atoms with Gasteiger partial charge in [0.25, 0.3) is 0 Å². The lowest BCUT2D eigenvalue weighted by Gasteiger charge is -2.39. The molecule has 2 heterocycles. The second-order valence-corrected chi connectivity index (χ2v) is 9.18. The van der Waals surface area contributed by atoms with Crippen LogP contribution in [0.15, 0.2) is 42.5 Å². The van der Waals surface area contributed by atoms with E-state index in [4.69, 9.17) is 14.2 Å². The van der Waals surface area contributed by atoms with Crippen LogP contribution >= 0.6 is 0 Å². The second-order valence-electron chi connectivity index (χ2n) is 9.18. The number of ether oxygens (including phenoxy) is 3. The van der Waals surface area contributed by atoms with Gasteiger partial charge in [-0.25, -0.2) is 0 Å². The number of benzene rings is 2. The Balaban J connectivity index is 1.21. The number of amides is 2. The summed E-state index contributed by atoms with van der Waals surface area (Å²) in [6, 6.07) is 13.4. The number of piperazine rings is 1. The quantitative estimate of drug-likeness (QED) is 0.602.